The first-order valence-corrected chi connectivity index (χ1v) is 7.22. The zero-order chi connectivity index (χ0) is 20.7. The van der Waals surface area contributed by atoms with Crippen molar-refractivity contribution in [3.05, 3.63) is 29.1 Å². The van der Waals surface area contributed by atoms with Crippen LogP contribution < -0.4 is 4.74 Å². The molecular formula is C15H15F9O2. The summed E-state index contributed by atoms with van der Waals surface area (Å²) < 4.78 is 131. The molecule has 0 unspecified atom stereocenters. The first-order chi connectivity index (χ1) is 11.6. The highest BCUT2D eigenvalue weighted by Gasteiger charge is 2.75. The smallest absolute Gasteiger partial charge is 0.431 e. The lowest BCUT2D eigenvalue weighted by Gasteiger charge is -2.39. The summed E-state index contributed by atoms with van der Waals surface area (Å²) in [6.07, 6.45) is -15.2. The Labute approximate surface area is 142 Å². The van der Waals surface area contributed by atoms with Crippen LogP contribution in [0.15, 0.2) is 6.07 Å². The minimum absolute atomic E-state index is 0.417. The third-order valence-electron chi connectivity index (χ3n) is 3.06. The van der Waals surface area contributed by atoms with Gasteiger partial charge in [0.05, 0.1) is 17.8 Å². The van der Waals surface area contributed by atoms with Gasteiger partial charge in [-0.3, -0.25) is 0 Å². The van der Waals surface area contributed by atoms with E-state index in [0.717, 1.165) is 27.7 Å². The van der Waals surface area contributed by atoms with Gasteiger partial charge in [-0.2, -0.15) is 30.7 Å². The van der Waals surface area contributed by atoms with Crippen LogP contribution in [0.1, 0.15) is 33.3 Å². The fraction of sp³-hybridized carbons (Fsp3) is 0.600. The van der Waals surface area contributed by atoms with Crippen LogP contribution in [-0.4, -0.2) is 24.6 Å². The number of rotatable bonds is 5. The largest absolute Gasteiger partial charge is 0.487 e. The SMILES string of the molecule is CC(C)Oc1c(C(OC(C)C)(C(F)(F)F)C(F)(F)F)cc(F)c(F)c1F. The van der Waals surface area contributed by atoms with Gasteiger partial charge in [0.1, 0.15) is 0 Å². The maximum Gasteiger partial charge on any atom is 0.431 e. The molecule has 11 heteroatoms. The molecule has 0 atom stereocenters. The third-order valence-corrected chi connectivity index (χ3v) is 3.06. The predicted octanol–water partition coefficient (Wildman–Crippen LogP) is 5.64. The first kappa shape index (κ1) is 22.4. The molecule has 0 saturated carbocycles. The normalized spacial score (nSPS) is 13.7. The minimum atomic E-state index is -6.19. The third kappa shape index (κ3) is 3.86. The lowest BCUT2D eigenvalue weighted by Crippen LogP contribution is -2.57. The highest BCUT2D eigenvalue weighted by molar-refractivity contribution is 5.43. The molecule has 0 aliphatic heterocycles. The standard InChI is InChI=1S/C15H15F9O2/c1-6(2)25-12-8(5-9(16)10(17)11(12)18)13(14(19,20)21,15(22,23)24)26-7(3)4/h5-7H,1-4H3. The second-order valence-electron chi connectivity index (χ2n) is 5.87. The average Bonchev–Trinajstić information content (AvgIpc) is 2.42. The second kappa shape index (κ2) is 7.16. The van der Waals surface area contributed by atoms with E-state index in [1.807, 2.05) is 0 Å². The van der Waals surface area contributed by atoms with Crippen molar-refractivity contribution < 1.29 is 49.0 Å². The highest BCUT2D eigenvalue weighted by atomic mass is 19.4. The topological polar surface area (TPSA) is 18.5 Å². The van der Waals surface area contributed by atoms with Crippen molar-refractivity contribution in [3.63, 3.8) is 0 Å². The van der Waals surface area contributed by atoms with Crippen LogP contribution in [0.2, 0.25) is 0 Å². The van der Waals surface area contributed by atoms with Crippen molar-refractivity contribution in [2.45, 2.75) is 57.9 Å². The summed E-state index contributed by atoms with van der Waals surface area (Å²) in [6, 6.07) is -0.417. The van der Waals surface area contributed by atoms with E-state index in [4.69, 9.17) is 0 Å². The number of benzene rings is 1. The van der Waals surface area contributed by atoms with E-state index in [-0.39, 0.29) is 0 Å². The zero-order valence-electron chi connectivity index (χ0n) is 14.0. The van der Waals surface area contributed by atoms with Crippen molar-refractivity contribution in [1.82, 2.24) is 0 Å². The molecule has 0 spiro atoms. The summed E-state index contributed by atoms with van der Waals surface area (Å²) in [4.78, 5) is 0. The van der Waals surface area contributed by atoms with Gasteiger partial charge in [-0.05, 0) is 33.8 Å². The van der Waals surface area contributed by atoms with Crippen molar-refractivity contribution in [3.8, 4) is 5.75 Å². The Morgan fingerprint density at radius 1 is 0.769 bits per heavy atom. The molecule has 1 aromatic rings. The molecule has 0 fully saturated rings. The molecule has 1 aromatic carbocycles. The van der Waals surface area contributed by atoms with Gasteiger partial charge in [0.15, 0.2) is 17.4 Å². The molecule has 0 amide bonds. The molecule has 0 saturated heterocycles. The van der Waals surface area contributed by atoms with Gasteiger partial charge < -0.3 is 9.47 Å². The van der Waals surface area contributed by atoms with Crippen LogP contribution in [0, 0.1) is 17.5 Å². The molecule has 0 aromatic heterocycles. The lowest BCUT2D eigenvalue weighted by molar-refractivity contribution is -0.397. The highest BCUT2D eigenvalue weighted by Crippen LogP contribution is 2.56. The quantitative estimate of drug-likeness (QED) is 0.472. The van der Waals surface area contributed by atoms with E-state index < -0.39 is 65.0 Å². The molecule has 26 heavy (non-hydrogen) atoms. The number of ether oxygens (including phenoxy) is 2. The van der Waals surface area contributed by atoms with Crippen LogP contribution in [0.4, 0.5) is 39.5 Å². The molecule has 0 aliphatic rings. The van der Waals surface area contributed by atoms with Gasteiger partial charge in [-0.15, -0.1) is 0 Å². The lowest BCUT2D eigenvalue weighted by atomic mass is 9.90. The van der Waals surface area contributed by atoms with Crippen molar-refractivity contribution >= 4 is 0 Å². The Morgan fingerprint density at radius 2 is 1.23 bits per heavy atom. The van der Waals surface area contributed by atoms with E-state index >= 15 is 0 Å². The number of alkyl halides is 6. The summed E-state index contributed by atoms with van der Waals surface area (Å²) >= 11 is 0. The van der Waals surface area contributed by atoms with Gasteiger partial charge in [0.25, 0.3) is 5.60 Å². The number of hydrogen-bond acceptors (Lipinski definition) is 2. The Kier molecular flexibility index (Phi) is 6.17. The summed E-state index contributed by atoms with van der Waals surface area (Å²) in [5.41, 5.74) is -7.19. The van der Waals surface area contributed by atoms with E-state index in [1.54, 1.807) is 0 Å². The van der Waals surface area contributed by atoms with Crippen molar-refractivity contribution in [2.75, 3.05) is 0 Å². The van der Waals surface area contributed by atoms with Crippen molar-refractivity contribution in [2.24, 2.45) is 0 Å². The number of halogens is 9. The first-order valence-electron chi connectivity index (χ1n) is 7.22. The Hall–Kier alpha value is -1.65. The Morgan fingerprint density at radius 3 is 1.58 bits per heavy atom. The average molecular weight is 398 g/mol. The van der Waals surface area contributed by atoms with Gasteiger partial charge in [0.2, 0.25) is 5.82 Å². The Balaban J connectivity index is 4.04. The van der Waals surface area contributed by atoms with E-state index in [0.29, 0.717) is 0 Å². The van der Waals surface area contributed by atoms with Gasteiger partial charge >= 0.3 is 12.4 Å². The fourth-order valence-electron chi connectivity index (χ4n) is 2.21. The molecule has 0 bridgehead atoms. The maximum absolute atomic E-state index is 14.0. The van der Waals surface area contributed by atoms with Gasteiger partial charge in [-0.25, -0.2) is 8.78 Å². The van der Waals surface area contributed by atoms with Gasteiger partial charge in [-0.1, -0.05) is 0 Å². The molecule has 0 N–H and O–H groups in total. The molecule has 0 radical (unpaired) electrons. The van der Waals surface area contributed by atoms with Crippen LogP contribution in [-0.2, 0) is 10.3 Å². The zero-order valence-corrected chi connectivity index (χ0v) is 14.0. The molecule has 1 rings (SSSR count). The van der Waals surface area contributed by atoms with Crippen LogP contribution in [0.5, 0.6) is 5.75 Å². The summed E-state index contributed by atoms with van der Waals surface area (Å²) in [7, 11) is 0. The van der Waals surface area contributed by atoms with Gasteiger partial charge in [0, 0.05) is 0 Å². The molecule has 2 nitrogen and oxygen atoms in total. The maximum atomic E-state index is 14.0. The Bertz CT molecular complexity index is 634. The molecule has 0 aliphatic carbocycles. The van der Waals surface area contributed by atoms with Crippen molar-refractivity contribution in [1.29, 1.82) is 0 Å². The van der Waals surface area contributed by atoms with Crippen LogP contribution >= 0.6 is 0 Å². The van der Waals surface area contributed by atoms with Crippen LogP contribution in [0.25, 0.3) is 0 Å². The summed E-state index contributed by atoms with van der Waals surface area (Å²) in [5, 5.41) is 0. The second-order valence-corrected chi connectivity index (χ2v) is 5.87. The molecule has 0 heterocycles. The number of hydrogen-bond donors (Lipinski definition) is 0. The monoisotopic (exact) mass is 398 g/mol. The van der Waals surface area contributed by atoms with E-state index in [2.05, 4.69) is 9.47 Å². The molecular weight excluding hydrogens is 383 g/mol. The van der Waals surface area contributed by atoms with Crippen LogP contribution in [0.3, 0.4) is 0 Å². The minimum Gasteiger partial charge on any atom is -0.487 e. The summed E-state index contributed by atoms with van der Waals surface area (Å²) in [6.45, 7) is 4.03. The molecule has 150 valence electrons. The fourth-order valence-corrected chi connectivity index (χ4v) is 2.21. The predicted molar refractivity (Wildman–Crippen MR) is 72.1 cm³/mol. The van der Waals surface area contributed by atoms with E-state index in [9.17, 15) is 39.5 Å². The van der Waals surface area contributed by atoms with E-state index in [1.165, 1.54) is 0 Å². The summed E-state index contributed by atoms with van der Waals surface area (Å²) in [5.74, 6) is -8.57.